The quantitative estimate of drug-likeness (QED) is 0.795. The summed E-state index contributed by atoms with van der Waals surface area (Å²) in [6.07, 6.45) is 9.03. The van der Waals surface area contributed by atoms with Gasteiger partial charge in [0.15, 0.2) is 0 Å². The van der Waals surface area contributed by atoms with E-state index in [1.54, 1.807) is 0 Å². The molecule has 1 fully saturated rings. The first-order valence-electron chi connectivity index (χ1n) is 5.43. The van der Waals surface area contributed by atoms with Crippen molar-refractivity contribution in [1.29, 1.82) is 0 Å². The van der Waals surface area contributed by atoms with Crippen LogP contribution in [0.2, 0.25) is 0 Å². The van der Waals surface area contributed by atoms with Gasteiger partial charge >= 0.3 is 0 Å². The van der Waals surface area contributed by atoms with Gasteiger partial charge in [0.25, 0.3) is 0 Å². The monoisotopic (exact) mass is 190 g/mol. The number of aromatic nitrogens is 1. The third kappa shape index (κ3) is 2.13. The highest BCUT2D eigenvalue weighted by Gasteiger charge is 2.20. The predicted molar refractivity (Wildman–Crippen MR) is 57.9 cm³/mol. The summed E-state index contributed by atoms with van der Waals surface area (Å²) >= 11 is 0. The Labute approximate surface area is 85.5 Å². The fraction of sp³-hybridized carbons (Fsp3) is 0.583. The maximum absolute atomic E-state index is 6.13. The van der Waals surface area contributed by atoms with Gasteiger partial charge in [-0.05, 0) is 30.4 Å². The lowest BCUT2D eigenvalue weighted by atomic mass is 9.80. The van der Waals surface area contributed by atoms with Gasteiger partial charge in [0, 0.05) is 18.4 Å². The number of pyridine rings is 1. The van der Waals surface area contributed by atoms with Gasteiger partial charge in [0.2, 0.25) is 0 Å². The highest BCUT2D eigenvalue weighted by atomic mass is 14.7. The summed E-state index contributed by atoms with van der Waals surface area (Å²) in [4.78, 5) is 4.18. The number of nitrogens with zero attached hydrogens (tertiary/aromatic N) is 1. The van der Waals surface area contributed by atoms with Crippen LogP contribution in [0.4, 0.5) is 0 Å². The minimum absolute atomic E-state index is 0.188. The molecular weight excluding hydrogens is 172 g/mol. The summed E-state index contributed by atoms with van der Waals surface area (Å²) in [6.45, 7) is 2.06. The van der Waals surface area contributed by atoms with Crippen LogP contribution in [-0.2, 0) is 0 Å². The van der Waals surface area contributed by atoms with E-state index >= 15 is 0 Å². The van der Waals surface area contributed by atoms with Gasteiger partial charge in [-0.2, -0.15) is 0 Å². The molecule has 1 aromatic rings. The second-order valence-corrected chi connectivity index (χ2v) is 4.43. The minimum atomic E-state index is 0.188. The van der Waals surface area contributed by atoms with Gasteiger partial charge in [-0.1, -0.05) is 25.3 Å². The fourth-order valence-corrected chi connectivity index (χ4v) is 2.00. The number of hydrogen-bond donors (Lipinski definition) is 1. The van der Waals surface area contributed by atoms with Crippen LogP contribution in [-0.4, -0.2) is 4.98 Å². The summed E-state index contributed by atoms with van der Waals surface area (Å²) in [7, 11) is 0. The molecule has 1 saturated carbocycles. The summed E-state index contributed by atoms with van der Waals surface area (Å²) < 4.78 is 0. The van der Waals surface area contributed by atoms with Gasteiger partial charge in [-0.3, -0.25) is 4.98 Å². The molecule has 2 N–H and O–H groups in total. The second-order valence-electron chi connectivity index (χ2n) is 4.43. The Morgan fingerprint density at radius 3 is 2.86 bits per heavy atom. The lowest BCUT2D eigenvalue weighted by molar-refractivity contribution is 0.277. The number of nitrogens with two attached hydrogens (primary N) is 1. The Bertz CT molecular complexity index is 305. The lowest BCUT2D eigenvalue weighted by Crippen LogP contribution is -2.20. The zero-order valence-corrected chi connectivity index (χ0v) is 8.74. The van der Waals surface area contributed by atoms with Gasteiger partial charge in [0.05, 0.1) is 0 Å². The largest absolute Gasteiger partial charge is 0.324 e. The predicted octanol–water partition coefficient (Wildman–Crippen LogP) is 2.58. The molecule has 0 aromatic carbocycles. The van der Waals surface area contributed by atoms with Crippen molar-refractivity contribution in [3.05, 3.63) is 29.6 Å². The van der Waals surface area contributed by atoms with Crippen LogP contribution in [0.15, 0.2) is 18.5 Å². The van der Waals surface area contributed by atoms with Crippen LogP contribution in [0.3, 0.4) is 0 Å². The highest BCUT2D eigenvalue weighted by Crippen LogP contribution is 2.33. The fourth-order valence-electron chi connectivity index (χ4n) is 2.00. The molecule has 0 radical (unpaired) electrons. The van der Waals surface area contributed by atoms with Crippen molar-refractivity contribution in [1.82, 2.24) is 4.98 Å². The van der Waals surface area contributed by atoms with Crippen molar-refractivity contribution in [3.63, 3.8) is 0 Å². The maximum atomic E-state index is 6.13. The Morgan fingerprint density at radius 1 is 1.50 bits per heavy atom. The topological polar surface area (TPSA) is 38.9 Å². The molecule has 1 atom stereocenters. The van der Waals surface area contributed by atoms with E-state index in [9.17, 15) is 0 Å². The number of aryl methyl sites for hydroxylation is 1. The Balaban J connectivity index is 1.98. The first-order valence-corrected chi connectivity index (χ1v) is 5.43. The molecule has 0 saturated heterocycles. The Kier molecular flexibility index (Phi) is 2.82. The van der Waals surface area contributed by atoms with E-state index in [2.05, 4.69) is 18.0 Å². The van der Waals surface area contributed by atoms with Crippen molar-refractivity contribution < 1.29 is 0 Å². The van der Waals surface area contributed by atoms with Crippen LogP contribution in [0.25, 0.3) is 0 Å². The molecule has 1 aromatic heterocycles. The molecule has 0 aliphatic heterocycles. The van der Waals surface area contributed by atoms with Crippen LogP contribution < -0.4 is 5.73 Å². The molecular formula is C12H18N2. The Hall–Kier alpha value is -0.890. The van der Waals surface area contributed by atoms with Crippen LogP contribution in [0.1, 0.15) is 42.9 Å². The maximum Gasteiger partial charge on any atom is 0.0315 e. The molecule has 1 heterocycles. The molecule has 0 spiro atoms. The normalized spacial score (nSPS) is 19.0. The smallest absolute Gasteiger partial charge is 0.0315 e. The lowest BCUT2D eigenvalue weighted by Gasteiger charge is -2.28. The van der Waals surface area contributed by atoms with Gasteiger partial charge in [-0.15, -0.1) is 0 Å². The van der Waals surface area contributed by atoms with Crippen molar-refractivity contribution in [2.75, 3.05) is 0 Å². The average Bonchev–Trinajstić information content (AvgIpc) is 2.11. The van der Waals surface area contributed by atoms with Gasteiger partial charge in [0.1, 0.15) is 0 Å². The van der Waals surface area contributed by atoms with E-state index in [0.717, 1.165) is 12.3 Å². The Morgan fingerprint density at radius 2 is 2.29 bits per heavy atom. The summed E-state index contributed by atoms with van der Waals surface area (Å²) in [5.41, 5.74) is 8.53. The molecule has 1 unspecified atom stereocenters. The highest BCUT2D eigenvalue weighted by molar-refractivity contribution is 5.19. The SMILES string of the molecule is Cc1cncc(C(N)CC2CCC2)c1. The van der Waals surface area contributed by atoms with Crippen LogP contribution in [0, 0.1) is 12.8 Å². The van der Waals surface area contributed by atoms with Crippen molar-refractivity contribution in [2.45, 2.75) is 38.6 Å². The van der Waals surface area contributed by atoms with Crippen LogP contribution >= 0.6 is 0 Å². The summed E-state index contributed by atoms with van der Waals surface area (Å²) in [5.74, 6) is 0.866. The first kappa shape index (κ1) is 9.66. The summed E-state index contributed by atoms with van der Waals surface area (Å²) in [6, 6.07) is 2.34. The number of rotatable bonds is 3. The summed E-state index contributed by atoms with van der Waals surface area (Å²) in [5, 5.41) is 0. The van der Waals surface area contributed by atoms with E-state index in [0.29, 0.717) is 0 Å². The van der Waals surface area contributed by atoms with Crippen molar-refractivity contribution >= 4 is 0 Å². The van der Waals surface area contributed by atoms with Gasteiger partial charge in [-0.25, -0.2) is 0 Å². The van der Waals surface area contributed by atoms with E-state index in [1.165, 1.54) is 30.4 Å². The molecule has 2 heteroatoms. The molecule has 76 valence electrons. The van der Waals surface area contributed by atoms with Crippen LogP contribution in [0.5, 0.6) is 0 Å². The van der Waals surface area contributed by atoms with E-state index in [1.807, 2.05) is 12.4 Å². The minimum Gasteiger partial charge on any atom is -0.324 e. The van der Waals surface area contributed by atoms with Gasteiger partial charge < -0.3 is 5.73 Å². The molecule has 2 rings (SSSR count). The molecule has 14 heavy (non-hydrogen) atoms. The molecule has 2 nitrogen and oxygen atoms in total. The zero-order chi connectivity index (χ0) is 9.97. The standard InChI is InChI=1S/C12H18N2/c1-9-5-11(8-14-7-9)12(13)6-10-3-2-4-10/h5,7-8,10,12H,2-4,6,13H2,1H3. The van der Waals surface area contributed by atoms with E-state index in [-0.39, 0.29) is 6.04 Å². The number of hydrogen-bond acceptors (Lipinski definition) is 2. The van der Waals surface area contributed by atoms with E-state index in [4.69, 9.17) is 5.73 Å². The average molecular weight is 190 g/mol. The third-order valence-electron chi connectivity index (χ3n) is 3.14. The van der Waals surface area contributed by atoms with Crippen molar-refractivity contribution in [3.8, 4) is 0 Å². The van der Waals surface area contributed by atoms with Crippen molar-refractivity contribution in [2.24, 2.45) is 11.7 Å². The second kappa shape index (κ2) is 4.09. The first-order chi connectivity index (χ1) is 6.75. The molecule has 0 bridgehead atoms. The third-order valence-corrected chi connectivity index (χ3v) is 3.14. The molecule has 1 aliphatic rings. The molecule has 0 amide bonds. The van der Waals surface area contributed by atoms with E-state index < -0.39 is 0 Å². The molecule has 1 aliphatic carbocycles. The zero-order valence-electron chi connectivity index (χ0n) is 8.74.